The normalized spacial score (nSPS) is 21.2. The molecule has 2 fully saturated rings. The number of nitrogens with zero attached hydrogens (tertiary/aromatic N) is 3. The largest absolute Gasteiger partial charge is 0.368 e. The maximum absolute atomic E-state index is 12.4. The van der Waals surface area contributed by atoms with Crippen LogP contribution in [-0.2, 0) is 16.0 Å². The molecule has 1 unspecified atom stereocenters. The van der Waals surface area contributed by atoms with E-state index in [0.29, 0.717) is 19.7 Å². The molecule has 0 spiro atoms. The Hall–Kier alpha value is -1.79. The summed E-state index contributed by atoms with van der Waals surface area (Å²) in [6.07, 6.45) is 2.45. The van der Waals surface area contributed by atoms with E-state index in [9.17, 15) is 4.79 Å². The minimum absolute atomic E-state index is 0.142. The Morgan fingerprint density at radius 3 is 2.65 bits per heavy atom. The summed E-state index contributed by atoms with van der Waals surface area (Å²) >= 11 is 6.21. The molecule has 0 saturated carbocycles. The molecule has 142 valence electrons. The number of amides is 1. The summed E-state index contributed by atoms with van der Waals surface area (Å²) in [4.78, 5) is 20.9. The third kappa shape index (κ3) is 4.68. The van der Waals surface area contributed by atoms with Crippen molar-refractivity contribution >= 4 is 23.5 Å². The predicted octanol–water partition coefficient (Wildman–Crippen LogP) is 1.78. The van der Waals surface area contributed by atoms with Crippen LogP contribution in [0.4, 0.5) is 0 Å². The van der Waals surface area contributed by atoms with Gasteiger partial charge in [-0.05, 0) is 30.9 Å². The van der Waals surface area contributed by atoms with E-state index < -0.39 is 0 Å². The third-order valence-corrected chi connectivity index (χ3v) is 5.31. The lowest BCUT2D eigenvalue weighted by atomic mass is 10.1. The van der Waals surface area contributed by atoms with E-state index in [4.69, 9.17) is 16.3 Å². The van der Waals surface area contributed by atoms with Crippen LogP contribution in [-0.4, -0.2) is 74.1 Å². The van der Waals surface area contributed by atoms with Gasteiger partial charge in [0.15, 0.2) is 5.96 Å². The van der Waals surface area contributed by atoms with Crippen LogP contribution in [0.1, 0.15) is 18.4 Å². The summed E-state index contributed by atoms with van der Waals surface area (Å²) in [5, 5.41) is 4.20. The van der Waals surface area contributed by atoms with E-state index in [1.165, 1.54) is 0 Å². The second-order valence-electron chi connectivity index (χ2n) is 6.63. The monoisotopic (exact) mass is 378 g/mol. The number of carbonyl (C=O) groups is 1. The highest BCUT2D eigenvalue weighted by atomic mass is 35.5. The summed E-state index contributed by atoms with van der Waals surface area (Å²) in [5.74, 6) is 1.02. The molecule has 0 radical (unpaired) electrons. The van der Waals surface area contributed by atoms with E-state index in [2.05, 4.69) is 15.2 Å². The zero-order valence-corrected chi connectivity index (χ0v) is 16.0. The fraction of sp³-hybridized carbons (Fsp3) is 0.579. The number of halogens is 1. The molecule has 1 amide bonds. The van der Waals surface area contributed by atoms with Crippen LogP contribution in [0, 0.1) is 0 Å². The molecular formula is C19H27ClN4O2. The number of nitrogens with one attached hydrogen (secondary N) is 1. The highest BCUT2D eigenvalue weighted by molar-refractivity contribution is 6.31. The average Bonchev–Trinajstić information content (AvgIpc) is 3.21. The quantitative estimate of drug-likeness (QED) is 0.641. The van der Waals surface area contributed by atoms with Gasteiger partial charge < -0.3 is 19.9 Å². The summed E-state index contributed by atoms with van der Waals surface area (Å²) < 4.78 is 5.52. The lowest BCUT2D eigenvalue weighted by Gasteiger charge is -2.37. The molecular weight excluding hydrogens is 352 g/mol. The van der Waals surface area contributed by atoms with Crippen LogP contribution < -0.4 is 5.32 Å². The minimum atomic E-state index is -0.227. The fourth-order valence-corrected chi connectivity index (χ4v) is 3.69. The van der Waals surface area contributed by atoms with Crippen LogP contribution in [0.5, 0.6) is 0 Å². The number of hydrogen-bond acceptors (Lipinski definition) is 3. The first-order chi connectivity index (χ1) is 12.7. The molecule has 0 aliphatic carbocycles. The van der Waals surface area contributed by atoms with Crippen molar-refractivity contribution in [2.24, 2.45) is 4.99 Å². The van der Waals surface area contributed by atoms with Crippen molar-refractivity contribution in [3.05, 3.63) is 34.9 Å². The summed E-state index contributed by atoms with van der Waals surface area (Å²) in [5.41, 5.74) is 1.13. The van der Waals surface area contributed by atoms with Crippen molar-refractivity contribution < 1.29 is 9.53 Å². The van der Waals surface area contributed by atoms with E-state index >= 15 is 0 Å². The lowest BCUT2D eigenvalue weighted by molar-refractivity contribution is -0.142. The van der Waals surface area contributed by atoms with Gasteiger partial charge in [-0.25, -0.2) is 0 Å². The van der Waals surface area contributed by atoms with E-state index in [1.54, 1.807) is 7.05 Å². The number of carbonyl (C=O) groups excluding carboxylic acids is 1. The highest BCUT2D eigenvalue weighted by Crippen LogP contribution is 2.16. The molecule has 26 heavy (non-hydrogen) atoms. The number of guanidine groups is 1. The Morgan fingerprint density at radius 1 is 1.27 bits per heavy atom. The van der Waals surface area contributed by atoms with Crippen LogP contribution >= 0.6 is 11.6 Å². The first kappa shape index (κ1) is 19.0. The zero-order valence-electron chi connectivity index (χ0n) is 15.3. The van der Waals surface area contributed by atoms with Crippen molar-refractivity contribution in [3.8, 4) is 0 Å². The molecule has 0 aromatic heterocycles. The van der Waals surface area contributed by atoms with Gasteiger partial charge in [-0.15, -0.1) is 0 Å². The lowest BCUT2D eigenvalue weighted by Crippen LogP contribution is -2.55. The fourth-order valence-electron chi connectivity index (χ4n) is 3.46. The van der Waals surface area contributed by atoms with Crippen molar-refractivity contribution in [2.75, 3.05) is 46.4 Å². The van der Waals surface area contributed by atoms with Crippen molar-refractivity contribution in [1.82, 2.24) is 15.1 Å². The van der Waals surface area contributed by atoms with Gasteiger partial charge in [-0.2, -0.15) is 0 Å². The van der Waals surface area contributed by atoms with Crippen LogP contribution in [0.25, 0.3) is 0 Å². The predicted molar refractivity (Wildman–Crippen MR) is 104 cm³/mol. The maximum atomic E-state index is 12.4. The molecule has 2 aliphatic rings. The molecule has 1 aromatic carbocycles. The Kier molecular flexibility index (Phi) is 6.74. The summed E-state index contributed by atoms with van der Waals surface area (Å²) in [6, 6.07) is 7.90. The molecule has 2 aliphatic heterocycles. The highest BCUT2D eigenvalue weighted by Gasteiger charge is 2.30. The Morgan fingerprint density at radius 2 is 2.00 bits per heavy atom. The third-order valence-electron chi connectivity index (χ3n) is 4.94. The van der Waals surface area contributed by atoms with Crippen LogP contribution in [0.15, 0.2) is 29.3 Å². The average molecular weight is 379 g/mol. The Labute approximate surface area is 160 Å². The molecule has 6 nitrogen and oxygen atoms in total. The molecule has 1 atom stereocenters. The number of piperazine rings is 1. The minimum Gasteiger partial charge on any atom is -0.368 e. The number of aliphatic imine (C=N–C) groups is 1. The molecule has 7 heteroatoms. The van der Waals surface area contributed by atoms with Gasteiger partial charge in [-0.3, -0.25) is 9.79 Å². The first-order valence-electron chi connectivity index (χ1n) is 9.28. The summed E-state index contributed by atoms with van der Waals surface area (Å²) in [7, 11) is 1.79. The van der Waals surface area contributed by atoms with E-state index in [0.717, 1.165) is 55.4 Å². The molecule has 1 aromatic rings. The molecule has 2 saturated heterocycles. The number of hydrogen-bond donors (Lipinski definition) is 1. The van der Waals surface area contributed by atoms with Gasteiger partial charge in [0, 0.05) is 51.4 Å². The number of ether oxygens (including phenoxy) is 1. The topological polar surface area (TPSA) is 57.2 Å². The smallest absolute Gasteiger partial charge is 0.251 e. The van der Waals surface area contributed by atoms with Gasteiger partial charge in [0.2, 0.25) is 0 Å². The van der Waals surface area contributed by atoms with Crippen molar-refractivity contribution in [2.45, 2.75) is 25.4 Å². The summed E-state index contributed by atoms with van der Waals surface area (Å²) in [6.45, 7) is 4.46. The first-order valence-corrected chi connectivity index (χ1v) is 9.66. The number of rotatable bonds is 4. The van der Waals surface area contributed by atoms with Crippen LogP contribution in [0.2, 0.25) is 5.02 Å². The van der Waals surface area contributed by atoms with Gasteiger partial charge in [-0.1, -0.05) is 29.8 Å². The van der Waals surface area contributed by atoms with Crippen molar-refractivity contribution in [1.29, 1.82) is 0 Å². The molecule has 2 heterocycles. The van der Waals surface area contributed by atoms with Crippen LogP contribution in [0.3, 0.4) is 0 Å². The maximum Gasteiger partial charge on any atom is 0.251 e. The standard InChI is InChI=1S/C19H27ClN4O2/c1-21-19(22-9-8-15-5-2-3-6-16(15)20)24-12-10-23(11-13-24)18(25)17-7-4-14-26-17/h2-3,5-6,17H,4,7-14H2,1H3,(H,21,22). The van der Waals surface area contributed by atoms with Gasteiger partial charge in [0.25, 0.3) is 5.91 Å². The molecule has 3 rings (SSSR count). The Balaban J connectivity index is 1.45. The van der Waals surface area contributed by atoms with Gasteiger partial charge >= 0.3 is 0 Å². The van der Waals surface area contributed by atoms with Gasteiger partial charge in [0.1, 0.15) is 6.10 Å². The second-order valence-corrected chi connectivity index (χ2v) is 7.04. The SMILES string of the molecule is CN=C(NCCc1ccccc1Cl)N1CCN(C(=O)C2CCCO2)CC1. The molecule has 1 N–H and O–H groups in total. The Bertz CT molecular complexity index is 638. The van der Waals surface area contributed by atoms with Gasteiger partial charge in [0.05, 0.1) is 0 Å². The second kappa shape index (κ2) is 9.24. The van der Waals surface area contributed by atoms with E-state index in [-0.39, 0.29) is 12.0 Å². The number of benzene rings is 1. The molecule has 0 bridgehead atoms. The van der Waals surface area contributed by atoms with E-state index in [1.807, 2.05) is 29.2 Å². The zero-order chi connectivity index (χ0) is 18.4. The van der Waals surface area contributed by atoms with Crippen molar-refractivity contribution in [3.63, 3.8) is 0 Å².